The Labute approximate surface area is 182 Å². The van der Waals surface area contributed by atoms with Crippen molar-refractivity contribution in [3.8, 4) is 0 Å². The molecule has 1 saturated carbocycles. The molecule has 8 heteroatoms. The molecule has 0 saturated heterocycles. The molecule has 1 fully saturated rings. The zero-order valence-corrected chi connectivity index (χ0v) is 18.1. The lowest BCUT2D eigenvalue weighted by Gasteiger charge is -2.31. The zero-order chi connectivity index (χ0) is 22.2. The van der Waals surface area contributed by atoms with Crippen molar-refractivity contribution in [1.29, 1.82) is 0 Å². The first-order chi connectivity index (χ1) is 15.0. The molecule has 1 aliphatic rings. The Bertz CT molecular complexity index is 839. The second-order valence-corrected chi connectivity index (χ2v) is 8.34. The summed E-state index contributed by atoms with van der Waals surface area (Å²) in [6, 6.07) is 5.77. The maximum Gasteiger partial charge on any atom is 0.287 e. The van der Waals surface area contributed by atoms with Crippen LogP contribution in [0.15, 0.2) is 45.6 Å². The van der Waals surface area contributed by atoms with Crippen LogP contribution in [0.4, 0.5) is 0 Å². The summed E-state index contributed by atoms with van der Waals surface area (Å²) in [6.07, 6.45) is 7.66. The van der Waals surface area contributed by atoms with Gasteiger partial charge in [-0.05, 0) is 49.4 Å². The summed E-state index contributed by atoms with van der Waals surface area (Å²) < 4.78 is 10.6. The van der Waals surface area contributed by atoms with Crippen molar-refractivity contribution in [2.24, 2.45) is 5.92 Å². The number of rotatable bonds is 10. The maximum atomic E-state index is 13.2. The summed E-state index contributed by atoms with van der Waals surface area (Å²) >= 11 is 0. The predicted molar refractivity (Wildman–Crippen MR) is 114 cm³/mol. The molecule has 31 heavy (non-hydrogen) atoms. The summed E-state index contributed by atoms with van der Waals surface area (Å²) in [5.74, 6) is -0.219. The molecule has 8 nitrogen and oxygen atoms in total. The molecule has 0 unspecified atom stereocenters. The molecule has 0 radical (unpaired) electrons. The maximum absolute atomic E-state index is 13.2. The van der Waals surface area contributed by atoms with Gasteiger partial charge in [0.05, 0.1) is 19.1 Å². The highest BCUT2D eigenvalue weighted by Gasteiger charge is 2.35. The van der Waals surface area contributed by atoms with Gasteiger partial charge in [-0.25, -0.2) is 0 Å². The molecular weight excluding hydrogens is 398 g/mol. The van der Waals surface area contributed by atoms with Gasteiger partial charge in [0.15, 0.2) is 11.8 Å². The highest BCUT2D eigenvalue weighted by molar-refractivity contribution is 5.95. The second-order valence-electron chi connectivity index (χ2n) is 8.34. The Morgan fingerprint density at radius 1 is 1.10 bits per heavy atom. The van der Waals surface area contributed by atoms with Gasteiger partial charge >= 0.3 is 0 Å². The molecule has 0 aliphatic heterocycles. The summed E-state index contributed by atoms with van der Waals surface area (Å²) in [5.41, 5.74) is 0. The Morgan fingerprint density at radius 3 is 2.42 bits per heavy atom. The van der Waals surface area contributed by atoms with E-state index < -0.39 is 11.9 Å². The lowest BCUT2D eigenvalue weighted by Crippen LogP contribution is -2.49. The third-order valence-corrected chi connectivity index (χ3v) is 5.49. The van der Waals surface area contributed by atoms with Crippen molar-refractivity contribution in [1.82, 2.24) is 15.5 Å². The molecule has 1 aliphatic carbocycles. The number of nitrogens with one attached hydrogen (secondary N) is 2. The van der Waals surface area contributed by atoms with Crippen molar-refractivity contribution in [2.45, 2.75) is 58.0 Å². The minimum Gasteiger partial charge on any atom is -0.467 e. The van der Waals surface area contributed by atoms with Crippen LogP contribution in [0.3, 0.4) is 0 Å². The van der Waals surface area contributed by atoms with E-state index in [0.717, 1.165) is 25.7 Å². The van der Waals surface area contributed by atoms with Crippen LogP contribution >= 0.6 is 0 Å². The zero-order valence-electron chi connectivity index (χ0n) is 18.1. The fourth-order valence-corrected chi connectivity index (χ4v) is 3.77. The number of hydrogen-bond donors (Lipinski definition) is 2. The number of amides is 3. The van der Waals surface area contributed by atoms with Gasteiger partial charge in [0.25, 0.3) is 11.8 Å². The molecule has 0 spiro atoms. The van der Waals surface area contributed by atoms with Crippen LogP contribution in [0, 0.1) is 5.92 Å². The van der Waals surface area contributed by atoms with Crippen LogP contribution in [-0.4, -0.2) is 41.8 Å². The summed E-state index contributed by atoms with van der Waals surface area (Å²) in [4.78, 5) is 40.1. The van der Waals surface area contributed by atoms with Crippen LogP contribution in [-0.2, 0) is 9.59 Å². The Hall–Kier alpha value is -3.03. The molecule has 2 aromatic heterocycles. The minimum atomic E-state index is -0.887. The van der Waals surface area contributed by atoms with Crippen molar-refractivity contribution in [2.75, 3.05) is 13.1 Å². The monoisotopic (exact) mass is 429 g/mol. The van der Waals surface area contributed by atoms with Crippen molar-refractivity contribution >= 4 is 17.7 Å². The van der Waals surface area contributed by atoms with E-state index in [9.17, 15) is 14.4 Å². The molecule has 2 N–H and O–H groups in total. The molecule has 0 bridgehead atoms. The van der Waals surface area contributed by atoms with Crippen LogP contribution in [0.1, 0.15) is 68.3 Å². The fourth-order valence-electron chi connectivity index (χ4n) is 3.77. The van der Waals surface area contributed by atoms with Crippen LogP contribution in [0.2, 0.25) is 0 Å². The van der Waals surface area contributed by atoms with Crippen LogP contribution in [0.25, 0.3) is 0 Å². The average molecular weight is 430 g/mol. The van der Waals surface area contributed by atoms with Gasteiger partial charge in [-0.1, -0.05) is 26.7 Å². The first-order valence-corrected chi connectivity index (χ1v) is 10.9. The van der Waals surface area contributed by atoms with Gasteiger partial charge in [0.2, 0.25) is 5.91 Å². The fraction of sp³-hybridized carbons (Fsp3) is 0.522. The van der Waals surface area contributed by atoms with E-state index in [0.29, 0.717) is 24.6 Å². The molecule has 3 rings (SSSR count). The van der Waals surface area contributed by atoms with E-state index in [1.54, 1.807) is 18.2 Å². The minimum absolute atomic E-state index is 0.116. The number of nitrogens with zero attached hydrogens (tertiary/aromatic N) is 1. The second kappa shape index (κ2) is 10.8. The average Bonchev–Trinajstić information content (AvgIpc) is 3.51. The summed E-state index contributed by atoms with van der Waals surface area (Å²) in [6.45, 7) is 4.24. The van der Waals surface area contributed by atoms with Gasteiger partial charge in [-0.2, -0.15) is 0 Å². The molecule has 2 heterocycles. The molecule has 1 atom stereocenters. The number of carbonyl (C=O) groups is 3. The van der Waals surface area contributed by atoms with E-state index in [2.05, 4.69) is 24.5 Å². The topological polar surface area (TPSA) is 105 Å². The van der Waals surface area contributed by atoms with Gasteiger partial charge in [-0.15, -0.1) is 0 Å². The smallest absolute Gasteiger partial charge is 0.287 e. The van der Waals surface area contributed by atoms with Gasteiger partial charge in [0.1, 0.15) is 5.76 Å². The molecule has 3 amide bonds. The van der Waals surface area contributed by atoms with E-state index in [-0.39, 0.29) is 30.2 Å². The summed E-state index contributed by atoms with van der Waals surface area (Å²) in [5, 5.41) is 5.66. The third-order valence-electron chi connectivity index (χ3n) is 5.49. The Kier molecular flexibility index (Phi) is 7.92. The highest BCUT2D eigenvalue weighted by Crippen LogP contribution is 2.25. The first-order valence-electron chi connectivity index (χ1n) is 10.9. The van der Waals surface area contributed by atoms with Crippen molar-refractivity contribution < 1.29 is 23.2 Å². The highest BCUT2D eigenvalue weighted by atomic mass is 16.3. The van der Waals surface area contributed by atoms with E-state index >= 15 is 0 Å². The van der Waals surface area contributed by atoms with E-state index in [1.165, 1.54) is 23.5 Å². The SMILES string of the molecule is CC(C)CCN(C(=O)CNC(=O)c1ccco1)[C@@H](C(=O)NC1CCCC1)c1ccco1. The van der Waals surface area contributed by atoms with Gasteiger partial charge in [0, 0.05) is 12.6 Å². The Morgan fingerprint density at radius 2 is 1.81 bits per heavy atom. The van der Waals surface area contributed by atoms with Crippen LogP contribution < -0.4 is 10.6 Å². The predicted octanol–water partition coefficient (Wildman–Crippen LogP) is 3.28. The quantitative estimate of drug-likeness (QED) is 0.603. The molecule has 168 valence electrons. The summed E-state index contributed by atoms with van der Waals surface area (Å²) in [7, 11) is 0. The number of furan rings is 2. The number of carbonyl (C=O) groups excluding carboxylic acids is 3. The molecular formula is C23H31N3O5. The van der Waals surface area contributed by atoms with E-state index in [4.69, 9.17) is 8.83 Å². The lowest BCUT2D eigenvalue weighted by atomic mass is 10.1. The normalized spacial score (nSPS) is 15.1. The van der Waals surface area contributed by atoms with Gasteiger partial charge < -0.3 is 24.4 Å². The Balaban J connectivity index is 1.76. The lowest BCUT2D eigenvalue weighted by molar-refractivity contribution is -0.141. The van der Waals surface area contributed by atoms with Crippen molar-refractivity contribution in [3.05, 3.63) is 48.3 Å². The first kappa shape index (κ1) is 22.7. The van der Waals surface area contributed by atoms with E-state index in [1.807, 2.05) is 0 Å². The molecule has 2 aromatic rings. The standard InChI is InChI=1S/C23H31N3O5/c1-16(2)11-12-26(20(27)15-24-22(28)19-10-6-14-31-19)21(18-9-5-13-30-18)23(29)25-17-7-3-4-8-17/h5-6,9-10,13-14,16-17,21H,3-4,7-8,11-12,15H2,1-2H3,(H,24,28)(H,25,29)/t21-/m1/s1. The van der Waals surface area contributed by atoms with Gasteiger partial charge in [-0.3, -0.25) is 14.4 Å². The third kappa shape index (κ3) is 6.23. The molecule has 0 aromatic carbocycles. The largest absolute Gasteiger partial charge is 0.467 e. The number of hydrogen-bond acceptors (Lipinski definition) is 5. The van der Waals surface area contributed by atoms with Crippen molar-refractivity contribution in [3.63, 3.8) is 0 Å². The van der Waals surface area contributed by atoms with Crippen LogP contribution in [0.5, 0.6) is 0 Å².